The molecule has 0 fully saturated rings. The van der Waals surface area contributed by atoms with Gasteiger partial charge in [0, 0.05) is 85.2 Å². The molecule has 46 heavy (non-hydrogen) atoms. The van der Waals surface area contributed by atoms with Gasteiger partial charge in [0.1, 0.15) is 0 Å². The summed E-state index contributed by atoms with van der Waals surface area (Å²) in [5.41, 5.74) is 7.14. The highest BCUT2D eigenvalue weighted by atomic mass is 33.1. The summed E-state index contributed by atoms with van der Waals surface area (Å²) >= 11 is 3.45. The predicted molar refractivity (Wildman–Crippen MR) is 205 cm³/mol. The highest BCUT2D eigenvalue weighted by molar-refractivity contribution is 8.76. The molecule has 0 bridgehead atoms. The molecule has 2 aliphatic heterocycles. The fourth-order valence-electron chi connectivity index (χ4n) is 5.04. The van der Waals surface area contributed by atoms with Crippen LogP contribution in [0.5, 0.6) is 0 Å². The molecule has 0 radical (unpaired) electrons. The number of aliphatic imine (C=N–C) groups is 2. The van der Waals surface area contributed by atoms with Crippen molar-refractivity contribution in [3.63, 3.8) is 0 Å². The Morgan fingerprint density at radius 3 is 1.43 bits per heavy atom. The van der Waals surface area contributed by atoms with Gasteiger partial charge in [-0.2, -0.15) is 0 Å². The van der Waals surface area contributed by atoms with Gasteiger partial charge in [-0.3, -0.25) is 19.6 Å². The Hall–Kier alpha value is -2.28. The van der Waals surface area contributed by atoms with E-state index in [0.717, 1.165) is 70.7 Å². The van der Waals surface area contributed by atoms with Gasteiger partial charge in [0.05, 0.1) is 0 Å². The molecule has 2 unspecified atom stereocenters. The third-order valence-corrected chi connectivity index (χ3v) is 12.7. The largest absolute Gasteiger partial charge is 0.356 e. The number of benzene rings is 2. The van der Waals surface area contributed by atoms with Crippen molar-refractivity contribution < 1.29 is 9.59 Å². The highest BCUT2D eigenvalue weighted by Gasteiger charge is 2.19. The van der Waals surface area contributed by atoms with Crippen LogP contribution in [0.15, 0.2) is 46.4 Å². The molecule has 0 aliphatic carbocycles. The molecule has 250 valence electrons. The van der Waals surface area contributed by atoms with E-state index in [4.69, 9.17) is 9.98 Å². The molecular formula is C34H48N6O2S4. The molecule has 12 heteroatoms. The van der Waals surface area contributed by atoms with Crippen LogP contribution in [-0.2, 0) is 9.59 Å². The van der Waals surface area contributed by atoms with E-state index in [0.29, 0.717) is 37.8 Å². The van der Waals surface area contributed by atoms with Crippen LogP contribution in [0.1, 0.15) is 47.9 Å². The van der Waals surface area contributed by atoms with Gasteiger partial charge >= 0.3 is 0 Å². The minimum atomic E-state index is 0.117. The van der Waals surface area contributed by atoms with Crippen LogP contribution in [0.3, 0.4) is 0 Å². The van der Waals surface area contributed by atoms with E-state index in [-0.39, 0.29) is 11.8 Å². The van der Waals surface area contributed by atoms with E-state index >= 15 is 0 Å². The highest BCUT2D eigenvalue weighted by Crippen LogP contribution is 2.26. The minimum Gasteiger partial charge on any atom is -0.356 e. The number of carbonyl (C=O) groups excluding carboxylic acids is 2. The predicted octanol–water partition coefficient (Wildman–Crippen LogP) is 7.06. The van der Waals surface area contributed by atoms with Gasteiger partial charge in [-0.25, -0.2) is 0 Å². The lowest BCUT2D eigenvalue weighted by molar-refractivity contribution is -0.122. The molecule has 2 aromatic rings. The maximum Gasteiger partial charge on any atom is 0.220 e. The number of hydrogen-bond acceptors (Lipinski definition) is 10. The summed E-state index contributed by atoms with van der Waals surface area (Å²) in [5.74, 6) is 4.71. The first-order chi connectivity index (χ1) is 22.3. The number of para-hydroxylation sites is 2. The number of nitrogens with one attached hydrogen (secondary N) is 4. The summed E-state index contributed by atoms with van der Waals surface area (Å²) in [6.07, 6.45) is 2.81. The topological polar surface area (TPSA) is 107 Å². The number of anilines is 2. The number of thioether (sulfide) groups is 2. The van der Waals surface area contributed by atoms with Gasteiger partial charge < -0.3 is 21.3 Å². The van der Waals surface area contributed by atoms with Crippen LogP contribution in [0.25, 0.3) is 0 Å². The van der Waals surface area contributed by atoms with Crippen molar-refractivity contribution in [2.45, 2.75) is 53.4 Å². The average molecular weight is 701 g/mol. The van der Waals surface area contributed by atoms with E-state index in [2.05, 4.69) is 85.4 Å². The summed E-state index contributed by atoms with van der Waals surface area (Å²) in [6, 6.07) is 12.6. The Kier molecular flexibility index (Phi) is 15.5. The van der Waals surface area contributed by atoms with E-state index in [9.17, 15) is 9.59 Å². The lowest BCUT2D eigenvalue weighted by Gasteiger charge is -2.22. The molecule has 0 spiro atoms. The summed E-state index contributed by atoms with van der Waals surface area (Å²) in [5, 5.41) is 15.1. The van der Waals surface area contributed by atoms with Crippen molar-refractivity contribution in [3.05, 3.63) is 58.7 Å². The standard InChI is InChI=1S/C34H48N6O2S4/c1-23-9-5-10-24(2)31(23)39-33-37-19-27(21-43-33)17-35-29(41)13-7-15-45-46-16-8-14-30(42)36-18-28-20-38-34(44-22-28)40-32-25(3)11-6-12-26(32)4/h5-6,9-12,27-28H,7-8,13-22H2,1-4H3,(H,35,41)(H,36,42)(H,37,39)(H,38,40). The van der Waals surface area contributed by atoms with Crippen molar-refractivity contribution in [1.29, 1.82) is 0 Å². The van der Waals surface area contributed by atoms with E-state index in [1.165, 1.54) is 22.3 Å². The number of hydrogen-bond donors (Lipinski definition) is 4. The number of nitrogens with zero attached hydrogens (tertiary/aromatic N) is 2. The van der Waals surface area contributed by atoms with Crippen LogP contribution < -0.4 is 21.3 Å². The molecule has 8 nitrogen and oxygen atoms in total. The zero-order valence-electron chi connectivity index (χ0n) is 27.4. The zero-order valence-corrected chi connectivity index (χ0v) is 30.7. The quantitative estimate of drug-likeness (QED) is 0.116. The Bertz CT molecular complexity index is 1240. The van der Waals surface area contributed by atoms with E-state index in [1.54, 1.807) is 45.1 Å². The summed E-state index contributed by atoms with van der Waals surface area (Å²) < 4.78 is 0. The first-order valence-electron chi connectivity index (χ1n) is 16.1. The Morgan fingerprint density at radius 1 is 0.696 bits per heavy atom. The van der Waals surface area contributed by atoms with Crippen LogP contribution in [-0.4, -0.2) is 71.3 Å². The van der Waals surface area contributed by atoms with Crippen LogP contribution >= 0.6 is 45.1 Å². The molecule has 4 rings (SSSR count). The van der Waals surface area contributed by atoms with Crippen LogP contribution in [0.4, 0.5) is 11.4 Å². The molecule has 2 heterocycles. The molecule has 2 atom stereocenters. The van der Waals surface area contributed by atoms with Gasteiger partial charge in [-0.05, 0) is 62.8 Å². The first-order valence-corrected chi connectivity index (χ1v) is 20.5. The Labute approximate surface area is 291 Å². The number of carbonyl (C=O) groups is 2. The SMILES string of the molecule is Cc1cccc(C)c1NC1=NCC(CNC(=O)CCCSSCCCC(=O)NCC2CN=C(Nc3c(C)cccc3C)SC2)CS1. The van der Waals surface area contributed by atoms with Gasteiger partial charge in [0.15, 0.2) is 10.3 Å². The summed E-state index contributed by atoms with van der Waals surface area (Å²) in [4.78, 5) is 34.1. The summed E-state index contributed by atoms with van der Waals surface area (Å²) in [6.45, 7) is 11.2. The average Bonchev–Trinajstić information content (AvgIpc) is 3.05. The second-order valence-electron chi connectivity index (χ2n) is 11.9. The molecule has 0 saturated heterocycles. The Balaban J connectivity index is 0.965. The van der Waals surface area contributed by atoms with E-state index < -0.39 is 0 Å². The smallest absolute Gasteiger partial charge is 0.220 e. The fraction of sp³-hybridized carbons (Fsp3) is 0.529. The normalized spacial score (nSPS) is 17.9. The Morgan fingerprint density at radius 2 is 1.09 bits per heavy atom. The van der Waals surface area contributed by atoms with Crippen molar-refractivity contribution in [1.82, 2.24) is 10.6 Å². The lowest BCUT2D eigenvalue weighted by Crippen LogP contribution is -2.34. The molecule has 2 amide bonds. The van der Waals surface area contributed by atoms with Crippen LogP contribution in [0.2, 0.25) is 0 Å². The van der Waals surface area contributed by atoms with Gasteiger partial charge in [0.25, 0.3) is 0 Å². The monoisotopic (exact) mass is 700 g/mol. The van der Waals surface area contributed by atoms with Crippen molar-refractivity contribution in [2.75, 3.05) is 59.8 Å². The third kappa shape index (κ3) is 12.4. The maximum absolute atomic E-state index is 12.3. The van der Waals surface area contributed by atoms with Crippen molar-refractivity contribution in [2.24, 2.45) is 21.8 Å². The van der Waals surface area contributed by atoms with Crippen molar-refractivity contribution >= 4 is 78.6 Å². The van der Waals surface area contributed by atoms with Crippen LogP contribution in [0, 0.1) is 39.5 Å². The third-order valence-electron chi connectivity index (χ3n) is 7.85. The molecule has 0 aromatic heterocycles. The van der Waals surface area contributed by atoms with Gasteiger partial charge in [-0.1, -0.05) is 81.5 Å². The number of amides is 2. The molecular weight excluding hydrogens is 653 g/mol. The van der Waals surface area contributed by atoms with Crippen molar-refractivity contribution in [3.8, 4) is 0 Å². The minimum absolute atomic E-state index is 0.117. The first kappa shape index (κ1) is 36.6. The number of rotatable bonds is 15. The molecule has 2 aliphatic rings. The number of aryl methyl sites for hydroxylation is 4. The lowest BCUT2D eigenvalue weighted by atomic mass is 10.1. The fourth-order valence-corrected chi connectivity index (χ4v) is 9.13. The molecule has 2 aromatic carbocycles. The number of amidine groups is 2. The zero-order chi connectivity index (χ0) is 32.7. The second kappa shape index (κ2) is 19.5. The van der Waals surface area contributed by atoms with Gasteiger partial charge in [0.2, 0.25) is 11.8 Å². The maximum atomic E-state index is 12.3. The van der Waals surface area contributed by atoms with E-state index in [1.807, 2.05) is 0 Å². The molecule has 0 saturated carbocycles. The van der Waals surface area contributed by atoms with Gasteiger partial charge in [-0.15, -0.1) is 0 Å². The molecule has 4 N–H and O–H groups in total. The summed E-state index contributed by atoms with van der Waals surface area (Å²) in [7, 11) is 3.58. The second-order valence-corrected chi connectivity index (χ2v) is 16.6.